The Balaban J connectivity index is 1.54. The molecule has 0 atom stereocenters. The molecule has 1 aliphatic heterocycles. The van der Waals surface area contributed by atoms with Gasteiger partial charge in [0, 0.05) is 22.6 Å². The molecule has 3 aromatic carbocycles. The molecule has 4 rings (SSSR count). The van der Waals surface area contributed by atoms with Crippen molar-refractivity contribution in [2.45, 2.75) is 19.1 Å². The summed E-state index contributed by atoms with van der Waals surface area (Å²) < 4.78 is 68.7. The number of hydrogen-bond donors (Lipinski definition) is 1. The van der Waals surface area contributed by atoms with E-state index in [0.29, 0.717) is 24.3 Å². The van der Waals surface area contributed by atoms with Gasteiger partial charge in [-0.3, -0.25) is 0 Å². The molecular weight excluding hydrogens is 436 g/mol. The topological polar surface area (TPSA) is 38.7 Å². The van der Waals surface area contributed by atoms with Crippen molar-refractivity contribution in [3.63, 3.8) is 0 Å². The number of phenols is 1. The molecule has 33 heavy (non-hydrogen) atoms. The first-order valence-electron chi connectivity index (χ1n) is 10.5. The van der Waals surface area contributed by atoms with Gasteiger partial charge >= 0.3 is 0 Å². The van der Waals surface area contributed by atoms with Crippen molar-refractivity contribution in [3.8, 4) is 28.0 Å². The Bertz CT molecular complexity index is 1150. The fraction of sp³-hybridized carbons (Fsp3) is 0.231. The van der Waals surface area contributed by atoms with E-state index in [2.05, 4.69) is 6.58 Å². The van der Waals surface area contributed by atoms with Crippen LogP contribution in [0.3, 0.4) is 0 Å². The van der Waals surface area contributed by atoms with Crippen LogP contribution < -0.4 is 0 Å². The second-order valence-corrected chi connectivity index (χ2v) is 7.90. The predicted octanol–water partition coefficient (Wildman–Crippen LogP) is 6.91. The Kier molecular flexibility index (Phi) is 6.81. The number of phenolic OH excluding ortho intramolecular Hbond substituents is 1. The fourth-order valence-electron chi connectivity index (χ4n) is 3.80. The Morgan fingerprint density at radius 3 is 1.91 bits per heavy atom. The highest BCUT2D eigenvalue weighted by Crippen LogP contribution is 2.35. The molecule has 172 valence electrons. The smallest absolute Gasteiger partial charge is 0.200 e. The lowest BCUT2D eigenvalue weighted by atomic mass is 9.98. The van der Waals surface area contributed by atoms with Crippen LogP contribution in [-0.2, 0) is 9.47 Å². The lowest BCUT2D eigenvalue weighted by molar-refractivity contribution is -0.207. The normalized spacial score (nSPS) is 18.3. The third kappa shape index (κ3) is 4.65. The molecule has 7 heteroatoms. The van der Waals surface area contributed by atoms with Crippen molar-refractivity contribution in [3.05, 3.63) is 90.0 Å². The van der Waals surface area contributed by atoms with Crippen molar-refractivity contribution in [2.75, 3.05) is 13.2 Å². The Labute approximate surface area is 188 Å². The van der Waals surface area contributed by atoms with Crippen LogP contribution in [0.15, 0.2) is 61.2 Å². The summed E-state index contributed by atoms with van der Waals surface area (Å²) in [6.07, 6.45) is 2.50. The average Bonchev–Trinajstić information content (AvgIpc) is 2.84. The minimum atomic E-state index is -1.35. The van der Waals surface area contributed by atoms with Gasteiger partial charge in [0.05, 0.1) is 13.2 Å². The van der Waals surface area contributed by atoms with Crippen LogP contribution in [0, 0.1) is 29.2 Å². The third-order valence-corrected chi connectivity index (χ3v) is 5.68. The molecule has 1 heterocycles. The quantitative estimate of drug-likeness (QED) is 0.322. The van der Waals surface area contributed by atoms with E-state index in [4.69, 9.17) is 9.47 Å². The van der Waals surface area contributed by atoms with Crippen LogP contribution in [0.25, 0.3) is 22.3 Å². The molecule has 3 aromatic rings. The summed E-state index contributed by atoms with van der Waals surface area (Å²) in [6.45, 7) is 4.45. The summed E-state index contributed by atoms with van der Waals surface area (Å²) in [7, 11) is 0. The Hall–Kier alpha value is -3.16. The van der Waals surface area contributed by atoms with E-state index in [0.717, 1.165) is 18.9 Å². The van der Waals surface area contributed by atoms with Gasteiger partial charge in [-0.25, -0.2) is 13.2 Å². The highest BCUT2D eigenvalue weighted by atomic mass is 19.2. The molecular formula is C26H22F4O3. The molecule has 0 saturated carbocycles. The van der Waals surface area contributed by atoms with Crippen LogP contribution in [0.5, 0.6) is 5.75 Å². The highest BCUT2D eigenvalue weighted by Gasteiger charge is 2.27. The first-order valence-corrected chi connectivity index (χ1v) is 10.5. The molecule has 0 radical (unpaired) electrons. The minimum absolute atomic E-state index is 0.0137. The molecule has 0 amide bonds. The maximum atomic E-state index is 14.9. The molecule has 1 saturated heterocycles. The van der Waals surface area contributed by atoms with Gasteiger partial charge in [0.1, 0.15) is 0 Å². The number of hydrogen-bond acceptors (Lipinski definition) is 3. The fourth-order valence-corrected chi connectivity index (χ4v) is 3.80. The van der Waals surface area contributed by atoms with Crippen LogP contribution >= 0.6 is 0 Å². The van der Waals surface area contributed by atoms with E-state index in [-0.39, 0.29) is 22.6 Å². The summed E-state index contributed by atoms with van der Waals surface area (Å²) in [5.41, 5.74) is 0.618. The largest absolute Gasteiger partial charge is 0.505 e. The zero-order valence-corrected chi connectivity index (χ0v) is 17.7. The second kappa shape index (κ2) is 9.77. The number of ether oxygens (including phenoxy) is 2. The molecule has 0 spiro atoms. The van der Waals surface area contributed by atoms with Crippen molar-refractivity contribution < 1.29 is 32.1 Å². The zero-order valence-electron chi connectivity index (χ0n) is 17.7. The lowest BCUT2D eigenvalue weighted by Gasteiger charge is -2.29. The van der Waals surface area contributed by atoms with Crippen molar-refractivity contribution >= 4 is 0 Å². The Morgan fingerprint density at radius 1 is 0.788 bits per heavy atom. The van der Waals surface area contributed by atoms with E-state index in [1.807, 2.05) is 6.08 Å². The predicted molar refractivity (Wildman–Crippen MR) is 116 cm³/mol. The SMILES string of the molecule is C=CCCC1COC(c2ccc(-c3ccc(-c4ccc(O)c(F)c4F)cc3)c(F)c2F)OC1. The summed E-state index contributed by atoms with van der Waals surface area (Å²) in [5.74, 6) is -5.26. The lowest BCUT2D eigenvalue weighted by Crippen LogP contribution is -2.27. The van der Waals surface area contributed by atoms with E-state index < -0.39 is 35.3 Å². The van der Waals surface area contributed by atoms with Crippen molar-refractivity contribution in [1.82, 2.24) is 0 Å². The molecule has 0 unspecified atom stereocenters. The number of halogens is 4. The second-order valence-electron chi connectivity index (χ2n) is 7.90. The Morgan fingerprint density at radius 2 is 1.33 bits per heavy atom. The van der Waals surface area contributed by atoms with Gasteiger partial charge in [-0.2, -0.15) is 4.39 Å². The van der Waals surface area contributed by atoms with E-state index >= 15 is 0 Å². The molecule has 1 N–H and O–H groups in total. The maximum Gasteiger partial charge on any atom is 0.200 e. The van der Waals surface area contributed by atoms with Gasteiger partial charge in [0.2, 0.25) is 5.82 Å². The van der Waals surface area contributed by atoms with E-state index in [9.17, 15) is 22.7 Å². The maximum absolute atomic E-state index is 14.9. The zero-order chi connectivity index (χ0) is 23.5. The van der Waals surface area contributed by atoms with Crippen LogP contribution in [0.1, 0.15) is 24.7 Å². The van der Waals surface area contributed by atoms with Crippen LogP contribution in [0.2, 0.25) is 0 Å². The third-order valence-electron chi connectivity index (χ3n) is 5.68. The van der Waals surface area contributed by atoms with E-state index in [1.165, 1.54) is 42.5 Å². The van der Waals surface area contributed by atoms with E-state index in [1.54, 1.807) is 0 Å². The van der Waals surface area contributed by atoms with Crippen molar-refractivity contribution in [2.24, 2.45) is 5.92 Å². The summed E-state index contributed by atoms with van der Waals surface area (Å²) in [6, 6.07) is 11.0. The van der Waals surface area contributed by atoms with Gasteiger partial charge in [-0.15, -0.1) is 6.58 Å². The first kappa shape index (κ1) is 23.0. The van der Waals surface area contributed by atoms with Gasteiger partial charge in [0.15, 0.2) is 29.5 Å². The van der Waals surface area contributed by atoms with Gasteiger partial charge in [-0.05, 0) is 36.1 Å². The molecule has 3 nitrogen and oxygen atoms in total. The molecule has 0 aromatic heterocycles. The molecule has 1 aliphatic rings. The summed E-state index contributed by atoms with van der Waals surface area (Å²) in [4.78, 5) is 0. The van der Waals surface area contributed by atoms with Gasteiger partial charge in [-0.1, -0.05) is 42.5 Å². The molecule has 1 fully saturated rings. The van der Waals surface area contributed by atoms with Crippen LogP contribution in [0.4, 0.5) is 17.6 Å². The summed E-state index contributed by atoms with van der Waals surface area (Å²) in [5, 5.41) is 9.27. The standard InChI is InChI=1S/C26H22F4O3/c1-2-3-4-15-13-32-26(33-14-15)20-10-9-18(22(27)24(20)29)16-5-7-17(8-6-16)19-11-12-21(31)25(30)23(19)28/h2,5-12,15,26,31H,1,3-4,13-14H2. The number of rotatable bonds is 6. The van der Waals surface area contributed by atoms with Crippen LogP contribution in [-0.4, -0.2) is 18.3 Å². The minimum Gasteiger partial charge on any atom is -0.505 e. The number of aromatic hydroxyl groups is 1. The number of allylic oxidation sites excluding steroid dienone is 1. The monoisotopic (exact) mass is 458 g/mol. The molecule has 0 bridgehead atoms. The average molecular weight is 458 g/mol. The van der Waals surface area contributed by atoms with Crippen molar-refractivity contribution in [1.29, 1.82) is 0 Å². The van der Waals surface area contributed by atoms with Gasteiger partial charge in [0.25, 0.3) is 0 Å². The van der Waals surface area contributed by atoms with Gasteiger partial charge < -0.3 is 14.6 Å². The first-order chi connectivity index (χ1) is 15.9. The highest BCUT2D eigenvalue weighted by molar-refractivity contribution is 5.71. The number of benzene rings is 3. The summed E-state index contributed by atoms with van der Waals surface area (Å²) >= 11 is 0. The molecule has 0 aliphatic carbocycles.